The van der Waals surface area contributed by atoms with Gasteiger partial charge in [-0.2, -0.15) is 0 Å². The number of carbonyl (C=O) groups excluding carboxylic acids is 1. The summed E-state index contributed by atoms with van der Waals surface area (Å²) in [5.74, 6) is 0.271. The largest absolute Gasteiger partial charge is 0.398 e. The highest BCUT2D eigenvalue weighted by molar-refractivity contribution is 9.10. The minimum atomic E-state index is -0.262. The predicted octanol–water partition coefficient (Wildman–Crippen LogP) is 3.30. The zero-order chi connectivity index (χ0) is 14.0. The van der Waals surface area contributed by atoms with Crippen molar-refractivity contribution in [2.24, 2.45) is 0 Å². The number of aryl methyl sites for hydroxylation is 2. The summed E-state index contributed by atoms with van der Waals surface area (Å²) in [5, 5.41) is 2.75. The van der Waals surface area contributed by atoms with Crippen molar-refractivity contribution >= 4 is 33.3 Å². The van der Waals surface area contributed by atoms with Crippen molar-refractivity contribution in [3.63, 3.8) is 0 Å². The molecular formula is C14H14BrN3O. The van der Waals surface area contributed by atoms with Crippen LogP contribution in [0.1, 0.15) is 21.6 Å². The van der Waals surface area contributed by atoms with Gasteiger partial charge in [0.05, 0.1) is 5.56 Å². The number of benzene rings is 1. The lowest BCUT2D eigenvalue weighted by Crippen LogP contribution is -2.15. The third-order valence-corrected chi connectivity index (χ3v) is 3.09. The summed E-state index contributed by atoms with van der Waals surface area (Å²) in [5.41, 5.74) is 8.59. The minimum Gasteiger partial charge on any atom is -0.398 e. The van der Waals surface area contributed by atoms with Crippen LogP contribution in [0, 0.1) is 13.8 Å². The Bertz CT molecular complexity index is 620. The molecule has 0 radical (unpaired) electrons. The van der Waals surface area contributed by atoms with Crippen LogP contribution < -0.4 is 11.1 Å². The molecule has 1 aromatic heterocycles. The van der Waals surface area contributed by atoms with E-state index in [1.165, 1.54) is 0 Å². The maximum Gasteiger partial charge on any atom is 0.258 e. The van der Waals surface area contributed by atoms with Crippen molar-refractivity contribution in [3.05, 3.63) is 51.6 Å². The maximum absolute atomic E-state index is 12.1. The summed E-state index contributed by atoms with van der Waals surface area (Å²) >= 11 is 3.31. The highest BCUT2D eigenvalue weighted by atomic mass is 79.9. The van der Waals surface area contributed by atoms with Crippen LogP contribution in [-0.4, -0.2) is 10.9 Å². The van der Waals surface area contributed by atoms with Gasteiger partial charge in [-0.05, 0) is 49.7 Å². The number of hydrogen-bond donors (Lipinski definition) is 2. The van der Waals surface area contributed by atoms with E-state index in [2.05, 4.69) is 26.2 Å². The fourth-order valence-electron chi connectivity index (χ4n) is 1.83. The van der Waals surface area contributed by atoms with Crippen LogP contribution in [0.5, 0.6) is 0 Å². The second-order valence-electron chi connectivity index (χ2n) is 4.36. The summed E-state index contributed by atoms with van der Waals surface area (Å²) < 4.78 is 0.839. The number of halogens is 1. The van der Waals surface area contributed by atoms with Crippen LogP contribution >= 0.6 is 15.9 Å². The van der Waals surface area contributed by atoms with Gasteiger partial charge in [-0.1, -0.05) is 15.9 Å². The van der Waals surface area contributed by atoms with Crippen molar-refractivity contribution in [2.45, 2.75) is 13.8 Å². The molecule has 0 aliphatic rings. The molecule has 4 nitrogen and oxygen atoms in total. The van der Waals surface area contributed by atoms with Crippen LogP contribution in [0.2, 0.25) is 0 Å². The Hall–Kier alpha value is -1.88. The van der Waals surface area contributed by atoms with Gasteiger partial charge in [0.2, 0.25) is 0 Å². The topological polar surface area (TPSA) is 68.0 Å². The first-order chi connectivity index (χ1) is 8.95. The summed E-state index contributed by atoms with van der Waals surface area (Å²) in [6.07, 6.45) is 0. The number of amides is 1. The molecule has 19 heavy (non-hydrogen) atoms. The van der Waals surface area contributed by atoms with E-state index in [-0.39, 0.29) is 5.91 Å². The summed E-state index contributed by atoms with van der Waals surface area (Å²) in [7, 11) is 0. The molecule has 0 atom stereocenters. The second kappa shape index (κ2) is 5.40. The Balaban J connectivity index is 2.25. The third-order valence-electron chi connectivity index (χ3n) is 2.60. The van der Waals surface area contributed by atoms with Gasteiger partial charge in [0.15, 0.2) is 0 Å². The first kappa shape index (κ1) is 13.5. The predicted molar refractivity (Wildman–Crippen MR) is 80.2 cm³/mol. The molecular weight excluding hydrogens is 306 g/mol. The van der Waals surface area contributed by atoms with Gasteiger partial charge in [-0.25, -0.2) is 4.98 Å². The Morgan fingerprint density at radius 2 is 2.00 bits per heavy atom. The van der Waals surface area contributed by atoms with E-state index in [0.717, 1.165) is 15.7 Å². The lowest BCUT2D eigenvalue weighted by atomic mass is 10.1. The van der Waals surface area contributed by atoms with Crippen LogP contribution in [-0.2, 0) is 0 Å². The van der Waals surface area contributed by atoms with Gasteiger partial charge in [0, 0.05) is 15.9 Å². The number of nitrogens with zero attached hydrogens (tertiary/aromatic N) is 1. The number of hydrogen-bond acceptors (Lipinski definition) is 3. The fourth-order valence-corrected chi connectivity index (χ4v) is 2.21. The standard InChI is InChI=1S/C14H14BrN3O/c1-8-5-9(2)17-13(6-8)18-14(19)11-4-3-10(15)7-12(11)16/h3-7H,16H2,1-2H3,(H,17,18,19). The quantitative estimate of drug-likeness (QED) is 0.834. The Kier molecular flexibility index (Phi) is 3.85. The minimum absolute atomic E-state index is 0.262. The molecule has 0 saturated heterocycles. The van der Waals surface area contributed by atoms with E-state index < -0.39 is 0 Å². The van der Waals surface area contributed by atoms with Crippen LogP contribution in [0.25, 0.3) is 0 Å². The van der Waals surface area contributed by atoms with E-state index in [1.807, 2.05) is 26.0 Å². The molecule has 2 aromatic rings. The van der Waals surface area contributed by atoms with E-state index >= 15 is 0 Å². The molecule has 0 fully saturated rings. The van der Waals surface area contributed by atoms with Crippen molar-refractivity contribution in [1.29, 1.82) is 0 Å². The van der Waals surface area contributed by atoms with Crippen LogP contribution in [0.15, 0.2) is 34.8 Å². The molecule has 0 unspecified atom stereocenters. The van der Waals surface area contributed by atoms with E-state index in [9.17, 15) is 4.79 Å². The van der Waals surface area contributed by atoms with Crippen molar-refractivity contribution < 1.29 is 4.79 Å². The Labute approximate surface area is 120 Å². The number of nitrogens with two attached hydrogens (primary N) is 1. The van der Waals surface area contributed by atoms with Crippen molar-refractivity contribution in [1.82, 2.24) is 4.98 Å². The molecule has 1 aromatic carbocycles. The number of pyridine rings is 1. The van der Waals surface area contributed by atoms with Crippen molar-refractivity contribution in [2.75, 3.05) is 11.1 Å². The van der Waals surface area contributed by atoms with Crippen LogP contribution in [0.4, 0.5) is 11.5 Å². The molecule has 0 aliphatic carbocycles. The van der Waals surface area contributed by atoms with Gasteiger partial charge in [-0.3, -0.25) is 4.79 Å². The lowest BCUT2D eigenvalue weighted by molar-refractivity contribution is 0.102. The first-order valence-electron chi connectivity index (χ1n) is 5.77. The molecule has 5 heteroatoms. The summed E-state index contributed by atoms with van der Waals surface area (Å²) in [4.78, 5) is 16.4. The molecule has 98 valence electrons. The maximum atomic E-state index is 12.1. The van der Waals surface area contributed by atoms with E-state index in [0.29, 0.717) is 17.1 Å². The summed E-state index contributed by atoms with van der Waals surface area (Å²) in [6, 6.07) is 8.92. The van der Waals surface area contributed by atoms with E-state index in [1.54, 1.807) is 18.2 Å². The smallest absolute Gasteiger partial charge is 0.258 e. The highest BCUT2D eigenvalue weighted by Crippen LogP contribution is 2.20. The average molecular weight is 320 g/mol. The third kappa shape index (κ3) is 3.32. The number of anilines is 2. The normalized spacial score (nSPS) is 10.3. The lowest BCUT2D eigenvalue weighted by Gasteiger charge is -2.08. The van der Waals surface area contributed by atoms with Gasteiger partial charge in [-0.15, -0.1) is 0 Å². The molecule has 0 aliphatic heterocycles. The molecule has 0 saturated carbocycles. The number of carbonyl (C=O) groups is 1. The monoisotopic (exact) mass is 319 g/mol. The molecule has 1 amide bonds. The molecule has 2 rings (SSSR count). The first-order valence-corrected chi connectivity index (χ1v) is 6.56. The molecule has 0 spiro atoms. The van der Waals surface area contributed by atoms with Gasteiger partial charge in [0.25, 0.3) is 5.91 Å². The van der Waals surface area contributed by atoms with Gasteiger partial charge in [0.1, 0.15) is 5.82 Å². The molecule has 0 bridgehead atoms. The van der Waals surface area contributed by atoms with Crippen molar-refractivity contribution in [3.8, 4) is 0 Å². The number of aromatic nitrogens is 1. The number of rotatable bonds is 2. The average Bonchev–Trinajstić information content (AvgIpc) is 2.26. The van der Waals surface area contributed by atoms with Crippen LogP contribution in [0.3, 0.4) is 0 Å². The Morgan fingerprint density at radius 3 is 2.63 bits per heavy atom. The fraction of sp³-hybridized carbons (Fsp3) is 0.143. The van der Waals surface area contributed by atoms with Gasteiger partial charge < -0.3 is 11.1 Å². The highest BCUT2D eigenvalue weighted by Gasteiger charge is 2.11. The number of nitrogens with one attached hydrogen (secondary N) is 1. The molecule has 3 N–H and O–H groups in total. The molecule has 1 heterocycles. The van der Waals surface area contributed by atoms with E-state index in [4.69, 9.17) is 5.73 Å². The van der Waals surface area contributed by atoms with Gasteiger partial charge >= 0.3 is 0 Å². The zero-order valence-electron chi connectivity index (χ0n) is 10.7. The second-order valence-corrected chi connectivity index (χ2v) is 5.27. The summed E-state index contributed by atoms with van der Waals surface area (Å²) in [6.45, 7) is 3.84. The zero-order valence-corrected chi connectivity index (χ0v) is 12.3. The Morgan fingerprint density at radius 1 is 1.26 bits per heavy atom. The number of nitrogen functional groups attached to an aromatic ring is 1. The SMILES string of the molecule is Cc1cc(C)nc(NC(=O)c2ccc(Br)cc2N)c1.